The molecule has 2 aliphatic heterocycles. The zero-order valence-corrected chi connectivity index (χ0v) is 14.4. The zero-order chi connectivity index (χ0) is 16.8. The summed E-state index contributed by atoms with van der Waals surface area (Å²) in [5.74, 6) is 0.706. The molecule has 7 nitrogen and oxygen atoms in total. The van der Waals surface area contributed by atoms with E-state index >= 15 is 0 Å². The Hall–Kier alpha value is -1.89. The number of allylic oxidation sites excluding steroid dienone is 1. The van der Waals surface area contributed by atoms with Crippen molar-refractivity contribution in [3.63, 3.8) is 0 Å². The van der Waals surface area contributed by atoms with Gasteiger partial charge in [-0.3, -0.25) is 0 Å². The lowest BCUT2D eigenvalue weighted by Crippen LogP contribution is -2.46. The van der Waals surface area contributed by atoms with E-state index in [1.165, 1.54) is 31.9 Å². The summed E-state index contributed by atoms with van der Waals surface area (Å²) < 4.78 is 5.32. The molecule has 3 rings (SSSR count). The number of nitrogens with one attached hydrogen (secondary N) is 2. The van der Waals surface area contributed by atoms with Crippen molar-refractivity contribution in [3.8, 4) is 0 Å². The van der Waals surface area contributed by atoms with Gasteiger partial charge in [0.25, 0.3) is 0 Å². The van der Waals surface area contributed by atoms with Gasteiger partial charge < -0.3 is 25.0 Å². The van der Waals surface area contributed by atoms with Gasteiger partial charge in [0.2, 0.25) is 0 Å². The number of likely N-dealkylation sites (tertiary alicyclic amines) is 1. The average molecular weight is 332 g/mol. The molecular weight excluding hydrogens is 304 g/mol. The van der Waals surface area contributed by atoms with Crippen molar-refractivity contribution in [2.75, 3.05) is 31.1 Å². The Labute approximate surface area is 143 Å². The monoisotopic (exact) mass is 332 g/mol. The maximum atomic E-state index is 7.01. The van der Waals surface area contributed by atoms with Crippen LogP contribution in [0.2, 0.25) is 0 Å². The van der Waals surface area contributed by atoms with Crippen LogP contribution in [0.25, 0.3) is 0 Å². The van der Waals surface area contributed by atoms with E-state index in [1.807, 2.05) is 13.1 Å². The molecule has 2 saturated heterocycles. The van der Waals surface area contributed by atoms with Crippen molar-refractivity contribution < 1.29 is 4.52 Å². The third-order valence-corrected chi connectivity index (χ3v) is 5.06. The normalized spacial score (nSPS) is 24.2. The first-order chi connectivity index (χ1) is 11.8. The molecule has 0 aliphatic carbocycles. The van der Waals surface area contributed by atoms with Gasteiger partial charge in [-0.05, 0) is 51.3 Å². The van der Waals surface area contributed by atoms with E-state index in [2.05, 4.69) is 25.3 Å². The van der Waals surface area contributed by atoms with Crippen molar-refractivity contribution in [1.29, 1.82) is 5.41 Å². The Kier molecular flexibility index (Phi) is 5.85. The summed E-state index contributed by atoms with van der Waals surface area (Å²) in [6.07, 6.45) is 10.9. The fourth-order valence-corrected chi connectivity index (χ4v) is 3.72. The predicted molar refractivity (Wildman–Crippen MR) is 94.5 cm³/mol. The average Bonchev–Trinajstić information content (AvgIpc) is 2.89. The van der Waals surface area contributed by atoms with E-state index < -0.39 is 0 Å². The van der Waals surface area contributed by atoms with Crippen LogP contribution in [0.15, 0.2) is 16.8 Å². The Bertz CT molecular complexity index is 549. The van der Waals surface area contributed by atoms with Gasteiger partial charge in [0, 0.05) is 44.5 Å². The lowest BCUT2D eigenvalue weighted by molar-refractivity contribution is 0.137. The van der Waals surface area contributed by atoms with Crippen LogP contribution in [-0.4, -0.2) is 59.5 Å². The van der Waals surface area contributed by atoms with Crippen LogP contribution >= 0.6 is 0 Å². The SMILES string of the molecule is Cc1noc(N2CCCC(N3CCC(N/C=C\C=N)CC3)CC2)n1. The smallest absolute Gasteiger partial charge is 0.324 e. The minimum absolute atomic E-state index is 0.543. The molecule has 0 aromatic carbocycles. The Morgan fingerprint density at radius 1 is 1.17 bits per heavy atom. The van der Waals surface area contributed by atoms with Gasteiger partial charge in [0.1, 0.15) is 0 Å². The summed E-state index contributed by atoms with van der Waals surface area (Å²) in [5, 5.41) is 14.3. The first-order valence-electron chi connectivity index (χ1n) is 8.97. The topological polar surface area (TPSA) is 81.3 Å². The van der Waals surface area contributed by atoms with Gasteiger partial charge in [0.15, 0.2) is 5.82 Å². The third-order valence-electron chi connectivity index (χ3n) is 5.06. The molecule has 0 bridgehead atoms. The van der Waals surface area contributed by atoms with E-state index in [-0.39, 0.29) is 0 Å². The van der Waals surface area contributed by atoms with Crippen LogP contribution in [-0.2, 0) is 0 Å². The van der Waals surface area contributed by atoms with E-state index in [9.17, 15) is 0 Å². The van der Waals surface area contributed by atoms with Crippen molar-refractivity contribution in [1.82, 2.24) is 20.4 Å². The van der Waals surface area contributed by atoms with Gasteiger partial charge in [-0.2, -0.15) is 4.98 Å². The molecular formula is C17H28N6O. The van der Waals surface area contributed by atoms with Crippen molar-refractivity contribution in [2.45, 2.75) is 51.1 Å². The molecule has 2 N–H and O–H groups in total. The van der Waals surface area contributed by atoms with Crippen LogP contribution in [0.5, 0.6) is 0 Å². The van der Waals surface area contributed by atoms with Crippen LogP contribution in [0.1, 0.15) is 37.9 Å². The third kappa shape index (κ3) is 4.35. The second kappa shape index (κ2) is 8.28. The second-order valence-electron chi connectivity index (χ2n) is 6.70. The van der Waals surface area contributed by atoms with Crippen molar-refractivity contribution >= 4 is 12.2 Å². The van der Waals surface area contributed by atoms with Crippen LogP contribution in [0.4, 0.5) is 6.01 Å². The van der Waals surface area contributed by atoms with Gasteiger partial charge in [0.05, 0.1) is 0 Å². The minimum atomic E-state index is 0.543. The van der Waals surface area contributed by atoms with Crippen molar-refractivity contribution in [3.05, 3.63) is 18.1 Å². The maximum absolute atomic E-state index is 7.01. The molecule has 1 aromatic heterocycles. The number of anilines is 1. The number of nitrogens with zero attached hydrogens (tertiary/aromatic N) is 4. The summed E-state index contributed by atoms with van der Waals surface area (Å²) in [5.41, 5.74) is 0. The molecule has 1 unspecified atom stereocenters. The molecule has 0 radical (unpaired) electrons. The maximum Gasteiger partial charge on any atom is 0.324 e. The predicted octanol–water partition coefficient (Wildman–Crippen LogP) is 1.95. The molecule has 2 fully saturated rings. The molecule has 7 heteroatoms. The van der Waals surface area contributed by atoms with Crippen LogP contribution in [0.3, 0.4) is 0 Å². The quantitative estimate of drug-likeness (QED) is 0.802. The number of hydrogen-bond acceptors (Lipinski definition) is 7. The molecule has 0 saturated carbocycles. The fourth-order valence-electron chi connectivity index (χ4n) is 3.72. The molecule has 1 atom stereocenters. The summed E-state index contributed by atoms with van der Waals surface area (Å²) >= 11 is 0. The van der Waals surface area contributed by atoms with E-state index in [4.69, 9.17) is 9.93 Å². The Balaban J connectivity index is 1.47. The highest BCUT2D eigenvalue weighted by molar-refractivity contribution is 5.67. The molecule has 0 spiro atoms. The molecule has 2 aliphatic rings. The fraction of sp³-hybridized carbons (Fsp3) is 0.706. The first kappa shape index (κ1) is 17.0. The first-order valence-corrected chi connectivity index (χ1v) is 8.97. The van der Waals surface area contributed by atoms with Gasteiger partial charge in [-0.25, -0.2) is 0 Å². The van der Waals surface area contributed by atoms with Crippen LogP contribution < -0.4 is 10.2 Å². The lowest BCUT2D eigenvalue weighted by atomic mass is 10.00. The summed E-state index contributed by atoms with van der Waals surface area (Å²) in [4.78, 5) is 9.25. The zero-order valence-electron chi connectivity index (χ0n) is 14.4. The largest absolute Gasteiger partial charge is 0.388 e. The number of aryl methyl sites for hydroxylation is 1. The highest BCUT2D eigenvalue weighted by Crippen LogP contribution is 2.23. The number of rotatable bonds is 5. The molecule has 0 amide bonds. The highest BCUT2D eigenvalue weighted by Gasteiger charge is 2.27. The summed E-state index contributed by atoms with van der Waals surface area (Å²) in [7, 11) is 0. The molecule has 1 aromatic rings. The van der Waals surface area contributed by atoms with Gasteiger partial charge >= 0.3 is 6.01 Å². The number of aromatic nitrogens is 2. The molecule has 24 heavy (non-hydrogen) atoms. The van der Waals surface area contributed by atoms with Gasteiger partial charge in [-0.1, -0.05) is 5.16 Å². The second-order valence-corrected chi connectivity index (χ2v) is 6.70. The van der Waals surface area contributed by atoms with Crippen molar-refractivity contribution in [2.24, 2.45) is 0 Å². The standard InChI is InChI=1S/C17H28N6O/c1-14-20-17(24-21-14)23-10-2-4-16(7-13-23)22-11-5-15(6-12-22)19-9-3-8-18/h3,8-9,15-16,18-19H,2,4-7,10-13H2,1H3/b9-3-,18-8?. The van der Waals surface area contributed by atoms with E-state index in [0.717, 1.165) is 32.6 Å². The lowest BCUT2D eigenvalue weighted by Gasteiger charge is -2.37. The summed E-state index contributed by atoms with van der Waals surface area (Å²) in [6, 6.07) is 1.88. The Morgan fingerprint density at radius 3 is 2.71 bits per heavy atom. The van der Waals surface area contributed by atoms with Crippen LogP contribution in [0, 0.1) is 12.3 Å². The number of hydrogen-bond donors (Lipinski definition) is 2. The molecule has 3 heterocycles. The Morgan fingerprint density at radius 2 is 2.00 bits per heavy atom. The van der Waals surface area contributed by atoms with E-state index in [0.29, 0.717) is 23.9 Å². The summed E-state index contributed by atoms with van der Waals surface area (Å²) in [6.45, 7) is 6.17. The highest BCUT2D eigenvalue weighted by atomic mass is 16.5. The van der Waals surface area contributed by atoms with Gasteiger partial charge in [-0.15, -0.1) is 0 Å². The minimum Gasteiger partial charge on any atom is -0.388 e. The number of piperidine rings is 1. The molecule has 132 valence electrons. The van der Waals surface area contributed by atoms with E-state index in [1.54, 1.807) is 6.08 Å².